The van der Waals surface area contributed by atoms with E-state index in [1.54, 1.807) is 7.05 Å². The molecule has 0 radical (unpaired) electrons. The molecule has 1 aliphatic rings. The van der Waals surface area contributed by atoms with E-state index in [2.05, 4.69) is 0 Å². The van der Waals surface area contributed by atoms with Gasteiger partial charge in [0.25, 0.3) is 5.91 Å². The van der Waals surface area contributed by atoms with Crippen LogP contribution in [0.25, 0.3) is 0 Å². The van der Waals surface area contributed by atoms with Gasteiger partial charge in [0, 0.05) is 26.3 Å². The highest BCUT2D eigenvalue weighted by Gasteiger charge is 2.24. The first kappa shape index (κ1) is 15.2. The molecule has 1 aliphatic carbocycles. The number of ether oxygens (including phenoxy) is 1. The van der Waals surface area contributed by atoms with E-state index in [9.17, 15) is 20.0 Å². The van der Waals surface area contributed by atoms with Crippen molar-refractivity contribution in [3.8, 4) is 5.75 Å². The molecule has 1 saturated carbocycles. The van der Waals surface area contributed by atoms with E-state index >= 15 is 0 Å². The van der Waals surface area contributed by atoms with E-state index < -0.39 is 22.3 Å². The molecule has 0 bridgehead atoms. The molecule has 7 nitrogen and oxygen atoms in total. The second kappa shape index (κ2) is 6.53. The van der Waals surface area contributed by atoms with Crippen LogP contribution in [0.15, 0.2) is 18.2 Å². The largest absolute Gasteiger partial charge is 0.502 e. The molecule has 0 saturated heterocycles. The standard InChI is InChI=1S/C14H18N2O5/c1-15(7-8-21-9-10-5-6-10)14(18)11-3-2-4-12(13(11)17)16(19)20/h2-4,10,17H,5-9H2,1H3. The van der Waals surface area contributed by atoms with Crippen LogP contribution in [0.3, 0.4) is 0 Å². The highest BCUT2D eigenvalue weighted by molar-refractivity contribution is 5.97. The number of hydrogen-bond acceptors (Lipinski definition) is 5. The number of amides is 1. The quantitative estimate of drug-likeness (QED) is 0.470. The number of para-hydroxylation sites is 1. The lowest BCUT2D eigenvalue weighted by atomic mass is 10.1. The molecule has 0 atom stereocenters. The van der Waals surface area contributed by atoms with Gasteiger partial charge in [-0.05, 0) is 24.8 Å². The molecule has 0 aromatic heterocycles. The SMILES string of the molecule is CN(CCOCC1CC1)C(=O)c1cccc([N+](=O)[O-])c1O. The van der Waals surface area contributed by atoms with Crippen molar-refractivity contribution in [1.29, 1.82) is 0 Å². The molecular formula is C14H18N2O5. The maximum atomic E-state index is 12.2. The lowest BCUT2D eigenvalue weighted by molar-refractivity contribution is -0.385. The molecule has 0 unspecified atom stereocenters. The van der Waals surface area contributed by atoms with Crippen LogP contribution >= 0.6 is 0 Å². The minimum Gasteiger partial charge on any atom is -0.502 e. The molecule has 2 rings (SSSR count). The van der Waals surface area contributed by atoms with E-state index in [4.69, 9.17) is 4.74 Å². The predicted molar refractivity (Wildman–Crippen MR) is 75.3 cm³/mol. The Balaban J connectivity index is 1.94. The average molecular weight is 294 g/mol. The van der Waals surface area contributed by atoms with Gasteiger partial charge in [0.05, 0.1) is 17.1 Å². The number of aromatic hydroxyl groups is 1. The molecule has 21 heavy (non-hydrogen) atoms. The Kier molecular flexibility index (Phi) is 4.74. The van der Waals surface area contributed by atoms with Gasteiger partial charge in [0.2, 0.25) is 5.75 Å². The zero-order valence-corrected chi connectivity index (χ0v) is 11.8. The third-order valence-corrected chi connectivity index (χ3v) is 3.41. The predicted octanol–water partition coefficient (Wildman–Crippen LogP) is 1.80. The van der Waals surface area contributed by atoms with E-state index in [0.29, 0.717) is 25.7 Å². The number of carbonyl (C=O) groups is 1. The summed E-state index contributed by atoms with van der Waals surface area (Å²) >= 11 is 0. The van der Waals surface area contributed by atoms with Crippen molar-refractivity contribution in [2.45, 2.75) is 12.8 Å². The molecule has 7 heteroatoms. The van der Waals surface area contributed by atoms with Gasteiger partial charge in [-0.2, -0.15) is 0 Å². The number of phenolic OH excluding ortho intramolecular Hbond substituents is 1. The Morgan fingerprint density at radius 1 is 1.52 bits per heavy atom. The molecular weight excluding hydrogens is 276 g/mol. The van der Waals surface area contributed by atoms with Crippen molar-refractivity contribution < 1.29 is 19.6 Å². The van der Waals surface area contributed by atoms with Crippen molar-refractivity contribution in [3.63, 3.8) is 0 Å². The molecule has 1 fully saturated rings. The third-order valence-electron chi connectivity index (χ3n) is 3.41. The summed E-state index contributed by atoms with van der Waals surface area (Å²) in [5.74, 6) is -0.406. The topological polar surface area (TPSA) is 92.9 Å². The summed E-state index contributed by atoms with van der Waals surface area (Å²) in [6.07, 6.45) is 2.41. The molecule has 1 N–H and O–H groups in total. The summed E-state index contributed by atoms with van der Waals surface area (Å²) in [7, 11) is 1.57. The van der Waals surface area contributed by atoms with Crippen LogP contribution in [0.2, 0.25) is 0 Å². The minimum atomic E-state index is -0.717. The van der Waals surface area contributed by atoms with E-state index in [-0.39, 0.29) is 5.56 Å². The third kappa shape index (κ3) is 3.91. The summed E-state index contributed by atoms with van der Waals surface area (Å²) < 4.78 is 5.44. The zero-order valence-electron chi connectivity index (χ0n) is 11.8. The van der Waals surface area contributed by atoms with Crippen LogP contribution in [0, 0.1) is 16.0 Å². The second-order valence-electron chi connectivity index (χ2n) is 5.18. The first-order valence-corrected chi connectivity index (χ1v) is 6.80. The number of nitro benzene ring substituents is 1. The molecule has 1 amide bonds. The van der Waals surface area contributed by atoms with Gasteiger partial charge in [0.1, 0.15) is 0 Å². The van der Waals surface area contributed by atoms with Crippen molar-refractivity contribution in [2.24, 2.45) is 5.92 Å². The number of carbonyl (C=O) groups excluding carboxylic acids is 1. The fraction of sp³-hybridized carbons (Fsp3) is 0.500. The zero-order chi connectivity index (χ0) is 15.4. The van der Waals surface area contributed by atoms with Crippen LogP contribution in [0.4, 0.5) is 5.69 Å². The summed E-state index contributed by atoms with van der Waals surface area (Å²) in [5, 5.41) is 20.6. The average Bonchev–Trinajstić information content (AvgIpc) is 3.26. The van der Waals surface area contributed by atoms with Gasteiger partial charge < -0.3 is 14.7 Å². The Morgan fingerprint density at radius 3 is 2.86 bits per heavy atom. The summed E-state index contributed by atoms with van der Waals surface area (Å²) in [5.41, 5.74) is -0.548. The smallest absolute Gasteiger partial charge is 0.311 e. The van der Waals surface area contributed by atoms with Crippen LogP contribution < -0.4 is 0 Å². The van der Waals surface area contributed by atoms with E-state index in [1.165, 1.54) is 29.9 Å². The lowest BCUT2D eigenvalue weighted by Crippen LogP contribution is -2.30. The number of likely N-dealkylation sites (N-methyl/N-ethyl adjacent to an activating group) is 1. The second-order valence-corrected chi connectivity index (χ2v) is 5.18. The van der Waals surface area contributed by atoms with Crippen LogP contribution in [-0.4, -0.2) is 47.6 Å². The number of nitrogens with zero attached hydrogens (tertiary/aromatic N) is 2. The van der Waals surface area contributed by atoms with Gasteiger partial charge in [-0.1, -0.05) is 6.07 Å². The Hall–Kier alpha value is -2.15. The van der Waals surface area contributed by atoms with Gasteiger partial charge >= 0.3 is 5.69 Å². The van der Waals surface area contributed by atoms with Crippen molar-refractivity contribution in [2.75, 3.05) is 26.8 Å². The summed E-state index contributed by atoms with van der Waals surface area (Å²) in [4.78, 5) is 23.6. The van der Waals surface area contributed by atoms with Gasteiger partial charge in [-0.3, -0.25) is 14.9 Å². The monoisotopic (exact) mass is 294 g/mol. The molecule has 0 heterocycles. The number of phenols is 1. The van der Waals surface area contributed by atoms with Crippen molar-refractivity contribution in [1.82, 2.24) is 4.90 Å². The van der Waals surface area contributed by atoms with Crippen molar-refractivity contribution >= 4 is 11.6 Å². The number of nitro groups is 1. The van der Waals surface area contributed by atoms with Gasteiger partial charge in [-0.25, -0.2) is 0 Å². The molecule has 1 aromatic carbocycles. The van der Waals surface area contributed by atoms with Crippen molar-refractivity contribution in [3.05, 3.63) is 33.9 Å². The molecule has 114 valence electrons. The fourth-order valence-corrected chi connectivity index (χ4v) is 1.89. The van der Waals surface area contributed by atoms with Crippen LogP contribution in [0.1, 0.15) is 23.2 Å². The minimum absolute atomic E-state index is 0.0751. The number of benzene rings is 1. The van der Waals surface area contributed by atoms with Gasteiger partial charge in [-0.15, -0.1) is 0 Å². The summed E-state index contributed by atoms with van der Waals surface area (Å²) in [6, 6.07) is 3.90. The highest BCUT2D eigenvalue weighted by atomic mass is 16.6. The van der Waals surface area contributed by atoms with Gasteiger partial charge in [0.15, 0.2) is 0 Å². The lowest BCUT2D eigenvalue weighted by Gasteiger charge is -2.17. The molecule has 0 spiro atoms. The van der Waals surface area contributed by atoms with E-state index in [0.717, 1.165) is 6.07 Å². The molecule has 0 aliphatic heterocycles. The number of rotatable bonds is 7. The van der Waals surface area contributed by atoms with Crippen LogP contribution in [-0.2, 0) is 4.74 Å². The van der Waals surface area contributed by atoms with Crippen LogP contribution in [0.5, 0.6) is 5.75 Å². The summed E-state index contributed by atoms with van der Waals surface area (Å²) in [6.45, 7) is 1.49. The molecule has 1 aromatic rings. The maximum absolute atomic E-state index is 12.2. The Morgan fingerprint density at radius 2 is 2.24 bits per heavy atom. The maximum Gasteiger partial charge on any atom is 0.311 e. The first-order valence-electron chi connectivity index (χ1n) is 6.80. The Bertz CT molecular complexity index is 542. The highest BCUT2D eigenvalue weighted by Crippen LogP contribution is 2.30. The fourth-order valence-electron chi connectivity index (χ4n) is 1.89. The normalized spacial score (nSPS) is 14.0. The van der Waals surface area contributed by atoms with E-state index in [1.807, 2.05) is 0 Å². The first-order chi connectivity index (χ1) is 10.0. The number of hydrogen-bond donors (Lipinski definition) is 1. The Labute approximate surface area is 122 Å².